The molecule has 1 aromatic heterocycles. The molecule has 0 radical (unpaired) electrons. The van der Waals surface area contributed by atoms with Gasteiger partial charge in [-0.3, -0.25) is 4.79 Å². The number of thioether (sulfide) groups is 1. The molecule has 0 spiro atoms. The molecule has 98 valence electrons. The van der Waals surface area contributed by atoms with Crippen LogP contribution in [0, 0.1) is 0 Å². The summed E-state index contributed by atoms with van der Waals surface area (Å²) in [5.74, 6) is 1.03. The molecule has 0 aliphatic carbocycles. The van der Waals surface area contributed by atoms with Gasteiger partial charge in [-0.1, -0.05) is 18.2 Å². The highest BCUT2D eigenvalue weighted by Gasteiger charge is 2.23. The van der Waals surface area contributed by atoms with Gasteiger partial charge in [-0.25, -0.2) is 0 Å². The first-order valence-electron chi connectivity index (χ1n) is 6.02. The second-order valence-electron chi connectivity index (χ2n) is 4.30. The third kappa shape index (κ3) is 2.65. The summed E-state index contributed by atoms with van der Waals surface area (Å²) < 4.78 is 5.12. The summed E-state index contributed by atoms with van der Waals surface area (Å²) in [6.07, 6.45) is 0.919. The zero-order chi connectivity index (χ0) is 13.2. The molecular weight excluding hydrogens is 282 g/mol. The fourth-order valence-corrected chi connectivity index (χ4v) is 3.43. The molecule has 1 atom stereocenters. The Morgan fingerprint density at radius 1 is 1.32 bits per heavy atom. The summed E-state index contributed by atoms with van der Waals surface area (Å²) in [5.41, 5.74) is 1.17. The second kappa shape index (κ2) is 5.31. The first kappa shape index (κ1) is 12.6. The molecule has 1 aliphatic heterocycles. The lowest BCUT2D eigenvalue weighted by Gasteiger charge is -2.25. The molecule has 5 heteroatoms. The van der Waals surface area contributed by atoms with Gasteiger partial charge in [0.25, 0.3) is 5.91 Å². The zero-order valence-corrected chi connectivity index (χ0v) is 11.6. The molecule has 1 aromatic carbocycles. The largest absolute Gasteiger partial charge is 0.440 e. The van der Waals surface area contributed by atoms with Crippen LogP contribution in [0.2, 0.25) is 5.22 Å². The fourth-order valence-electron chi connectivity index (χ4n) is 2.16. The number of rotatable bonds is 2. The summed E-state index contributed by atoms with van der Waals surface area (Å²) >= 11 is 7.50. The van der Waals surface area contributed by atoms with E-state index in [1.165, 1.54) is 10.5 Å². The van der Waals surface area contributed by atoms with E-state index in [4.69, 9.17) is 16.0 Å². The number of hydrogen-bond acceptors (Lipinski definition) is 3. The summed E-state index contributed by atoms with van der Waals surface area (Å²) in [6.45, 7) is 0. The maximum absolute atomic E-state index is 12.1. The van der Waals surface area contributed by atoms with Crippen LogP contribution in [0.3, 0.4) is 0 Å². The molecule has 1 amide bonds. The molecule has 2 aromatic rings. The SMILES string of the molecule is O=C(N[C@H]1CCSc2ccccc21)c1ccc(Cl)o1. The number of hydrogen-bond donors (Lipinski definition) is 1. The summed E-state index contributed by atoms with van der Waals surface area (Å²) in [7, 11) is 0. The van der Waals surface area contributed by atoms with Crippen LogP contribution in [0.1, 0.15) is 28.6 Å². The Morgan fingerprint density at radius 3 is 2.95 bits per heavy atom. The zero-order valence-electron chi connectivity index (χ0n) is 10.1. The van der Waals surface area contributed by atoms with Crippen molar-refractivity contribution < 1.29 is 9.21 Å². The van der Waals surface area contributed by atoms with E-state index in [0.29, 0.717) is 0 Å². The van der Waals surface area contributed by atoms with E-state index >= 15 is 0 Å². The molecule has 0 saturated heterocycles. The van der Waals surface area contributed by atoms with Gasteiger partial charge in [-0.05, 0) is 41.8 Å². The van der Waals surface area contributed by atoms with E-state index in [0.717, 1.165) is 12.2 Å². The topological polar surface area (TPSA) is 42.2 Å². The Morgan fingerprint density at radius 2 is 2.16 bits per heavy atom. The van der Waals surface area contributed by atoms with Crippen LogP contribution in [-0.2, 0) is 0 Å². The minimum absolute atomic E-state index is 0.0359. The highest BCUT2D eigenvalue weighted by atomic mass is 35.5. The average Bonchev–Trinajstić information content (AvgIpc) is 2.86. The van der Waals surface area contributed by atoms with Gasteiger partial charge in [-0.15, -0.1) is 11.8 Å². The van der Waals surface area contributed by atoms with Crippen molar-refractivity contribution in [1.82, 2.24) is 5.32 Å². The third-order valence-electron chi connectivity index (χ3n) is 3.06. The number of furan rings is 1. The Labute approximate surface area is 120 Å². The van der Waals surface area contributed by atoms with Crippen molar-refractivity contribution in [3.05, 3.63) is 52.9 Å². The number of amides is 1. The van der Waals surface area contributed by atoms with Crippen LogP contribution in [0.15, 0.2) is 45.7 Å². The van der Waals surface area contributed by atoms with E-state index in [9.17, 15) is 4.79 Å². The van der Waals surface area contributed by atoms with E-state index in [-0.39, 0.29) is 22.9 Å². The van der Waals surface area contributed by atoms with Gasteiger partial charge < -0.3 is 9.73 Å². The number of benzene rings is 1. The number of nitrogens with one attached hydrogen (secondary N) is 1. The van der Waals surface area contributed by atoms with E-state index in [1.807, 2.05) is 23.9 Å². The minimum Gasteiger partial charge on any atom is -0.440 e. The lowest BCUT2D eigenvalue weighted by atomic mass is 10.0. The van der Waals surface area contributed by atoms with Gasteiger partial charge in [0, 0.05) is 10.6 Å². The molecule has 1 aliphatic rings. The Bertz CT molecular complexity index is 611. The van der Waals surface area contributed by atoms with E-state index in [1.54, 1.807) is 12.1 Å². The van der Waals surface area contributed by atoms with Crippen molar-refractivity contribution in [2.45, 2.75) is 17.4 Å². The van der Waals surface area contributed by atoms with E-state index in [2.05, 4.69) is 17.4 Å². The molecule has 0 bridgehead atoms. The Kier molecular flexibility index (Phi) is 3.53. The molecular formula is C14H12ClNO2S. The van der Waals surface area contributed by atoms with Crippen LogP contribution < -0.4 is 5.32 Å². The number of fused-ring (bicyclic) bond motifs is 1. The predicted octanol–water partition coefficient (Wildman–Crippen LogP) is 3.90. The van der Waals surface area contributed by atoms with Gasteiger partial charge in [-0.2, -0.15) is 0 Å². The lowest BCUT2D eigenvalue weighted by molar-refractivity contribution is 0.0907. The van der Waals surface area contributed by atoms with Crippen molar-refractivity contribution in [3.8, 4) is 0 Å². The number of carbonyl (C=O) groups excluding carboxylic acids is 1. The number of halogens is 1. The van der Waals surface area contributed by atoms with Crippen LogP contribution in [-0.4, -0.2) is 11.7 Å². The molecule has 0 unspecified atom stereocenters. The van der Waals surface area contributed by atoms with Gasteiger partial charge in [0.15, 0.2) is 11.0 Å². The maximum Gasteiger partial charge on any atom is 0.287 e. The van der Waals surface area contributed by atoms with Crippen LogP contribution >= 0.6 is 23.4 Å². The molecule has 0 saturated carbocycles. The van der Waals surface area contributed by atoms with E-state index < -0.39 is 0 Å². The van der Waals surface area contributed by atoms with Gasteiger partial charge >= 0.3 is 0 Å². The molecule has 3 rings (SSSR count). The van der Waals surface area contributed by atoms with Gasteiger partial charge in [0.2, 0.25) is 0 Å². The Balaban J connectivity index is 1.79. The fraction of sp³-hybridized carbons (Fsp3) is 0.214. The van der Waals surface area contributed by atoms with Crippen LogP contribution in [0.5, 0.6) is 0 Å². The molecule has 2 heterocycles. The lowest BCUT2D eigenvalue weighted by Crippen LogP contribution is -2.30. The predicted molar refractivity (Wildman–Crippen MR) is 75.7 cm³/mol. The summed E-state index contributed by atoms with van der Waals surface area (Å²) in [5, 5.41) is 3.23. The molecule has 3 nitrogen and oxygen atoms in total. The second-order valence-corrected chi connectivity index (χ2v) is 5.81. The first-order chi connectivity index (χ1) is 9.24. The van der Waals surface area contributed by atoms with Gasteiger partial charge in [0.05, 0.1) is 6.04 Å². The van der Waals surface area contributed by atoms with Crippen LogP contribution in [0.4, 0.5) is 0 Å². The van der Waals surface area contributed by atoms with Crippen molar-refractivity contribution in [2.24, 2.45) is 0 Å². The summed E-state index contributed by atoms with van der Waals surface area (Å²) in [6, 6.07) is 11.3. The standard InChI is InChI=1S/C14H12ClNO2S/c15-13-6-5-11(18-13)14(17)16-10-7-8-19-12-4-2-1-3-9(10)12/h1-6,10H,7-8H2,(H,16,17)/t10-/m0/s1. The molecule has 1 N–H and O–H groups in total. The van der Waals surface area contributed by atoms with Crippen molar-refractivity contribution in [3.63, 3.8) is 0 Å². The third-order valence-corrected chi connectivity index (χ3v) is 4.39. The first-order valence-corrected chi connectivity index (χ1v) is 7.38. The van der Waals surface area contributed by atoms with Crippen molar-refractivity contribution in [2.75, 3.05) is 5.75 Å². The highest BCUT2D eigenvalue weighted by Crippen LogP contribution is 2.35. The quantitative estimate of drug-likeness (QED) is 0.913. The summed E-state index contributed by atoms with van der Waals surface area (Å²) in [4.78, 5) is 13.3. The maximum atomic E-state index is 12.1. The molecule has 0 fully saturated rings. The van der Waals surface area contributed by atoms with Crippen LogP contribution in [0.25, 0.3) is 0 Å². The van der Waals surface area contributed by atoms with Crippen molar-refractivity contribution in [1.29, 1.82) is 0 Å². The normalized spacial score (nSPS) is 17.8. The smallest absolute Gasteiger partial charge is 0.287 e. The average molecular weight is 294 g/mol. The minimum atomic E-state index is -0.224. The highest BCUT2D eigenvalue weighted by molar-refractivity contribution is 7.99. The number of carbonyl (C=O) groups is 1. The Hall–Kier alpha value is -1.39. The molecule has 19 heavy (non-hydrogen) atoms. The van der Waals surface area contributed by atoms with Gasteiger partial charge in [0.1, 0.15) is 0 Å². The monoisotopic (exact) mass is 293 g/mol. The van der Waals surface area contributed by atoms with Crippen molar-refractivity contribution >= 4 is 29.3 Å².